The van der Waals surface area contributed by atoms with Gasteiger partial charge in [-0.3, -0.25) is 4.99 Å². The number of aliphatic imine (C=N–C) groups is 2. The molecule has 23 heavy (non-hydrogen) atoms. The van der Waals surface area contributed by atoms with E-state index in [2.05, 4.69) is 10.3 Å². The van der Waals surface area contributed by atoms with Crippen molar-refractivity contribution >= 4 is 23.4 Å². The zero-order valence-corrected chi connectivity index (χ0v) is 13.8. The molecule has 1 N–H and O–H groups in total. The van der Waals surface area contributed by atoms with E-state index in [0.717, 1.165) is 11.3 Å². The van der Waals surface area contributed by atoms with Crippen molar-refractivity contribution in [2.24, 2.45) is 15.9 Å². The molecule has 3 nitrogen and oxygen atoms in total. The fraction of sp³-hybridized carbons (Fsp3) is 0.263. The van der Waals surface area contributed by atoms with Gasteiger partial charge >= 0.3 is 0 Å². The summed E-state index contributed by atoms with van der Waals surface area (Å²) in [6.45, 7) is 6.52. The smallest absolute Gasteiger partial charge is 0.146 e. The summed E-state index contributed by atoms with van der Waals surface area (Å²) < 4.78 is 13.9. The third-order valence-corrected chi connectivity index (χ3v) is 3.52. The highest BCUT2D eigenvalue weighted by Gasteiger charge is 2.13. The highest BCUT2D eigenvalue weighted by Crippen LogP contribution is 2.21. The average molecular weight is 311 g/mol. The number of nitrogens with one attached hydrogen (secondary N) is 1. The molecule has 2 aromatic rings. The van der Waals surface area contributed by atoms with Gasteiger partial charge in [0.25, 0.3) is 0 Å². The first-order chi connectivity index (χ1) is 11.1. The van der Waals surface area contributed by atoms with Gasteiger partial charge in [-0.1, -0.05) is 37.3 Å². The molecule has 0 saturated carbocycles. The van der Waals surface area contributed by atoms with E-state index in [1.165, 1.54) is 6.07 Å². The Hall–Kier alpha value is -2.49. The lowest BCUT2D eigenvalue weighted by atomic mass is 10.1. The van der Waals surface area contributed by atoms with E-state index in [-0.39, 0.29) is 11.7 Å². The second kappa shape index (κ2) is 8.22. The number of halogens is 1. The number of para-hydroxylation sites is 2. The summed E-state index contributed by atoms with van der Waals surface area (Å²) in [6.07, 6.45) is 1.77. The zero-order valence-electron chi connectivity index (χ0n) is 13.8. The van der Waals surface area contributed by atoms with Crippen LogP contribution in [-0.4, -0.2) is 18.6 Å². The Morgan fingerprint density at radius 2 is 1.87 bits per heavy atom. The third kappa shape index (κ3) is 4.74. The monoisotopic (exact) mass is 311 g/mol. The summed E-state index contributed by atoms with van der Waals surface area (Å²) in [5.41, 5.74) is 2.37. The zero-order chi connectivity index (χ0) is 16.7. The number of hydrogen-bond acceptors (Lipinski definition) is 2. The predicted molar refractivity (Wildman–Crippen MR) is 96.5 cm³/mol. The Balaban J connectivity index is 2.35. The largest absolute Gasteiger partial charge is 0.341 e. The second-order valence-corrected chi connectivity index (χ2v) is 5.41. The van der Waals surface area contributed by atoms with Gasteiger partial charge in [0.15, 0.2) is 0 Å². The van der Waals surface area contributed by atoms with Crippen LogP contribution in [0.25, 0.3) is 0 Å². The van der Waals surface area contributed by atoms with Crippen LogP contribution in [0.1, 0.15) is 19.4 Å². The van der Waals surface area contributed by atoms with Crippen molar-refractivity contribution in [2.75, 3.05) is 11.9 Å². The van der Waals surface area contributed by atoms with Crippen LogP contribution in [0.5, 0.6) is 0 Å². The molecular weight excluding hydrogens is 289 g/mol. The summed E-state index contributed by atoms with van der Waals surface area (Å²) >= 11 is 0. The topological polar surface area (TPSA) is 36.8 Å². The minimum atomic E-state index is -0.295. The molecule has 0 aliphatic rings. The summed E-state index contributed by atoms with van der Waals surface area (Å²) in [5, 5.41) is 3.13. The maximum Gasteiger partial charge on any atom is 0.146 e. The van der Waals surface area contributed by atoms with Crippen LogP contribution >= 0.6 is 0 Å². The van der Waals surface area contributed by atoms with Crippen molar-refractivity contribution in [3.8, 4) is 0 Å². The van der Waals surface area contributed by atoms with Gasteiger partial charge in [-0.05, 0) is 43.8 Å². The number of aryl methyl sites for hydroxylation is 1. The molecule has 2 rings (SSSR count). The van der Waals surface area contributed by atoms with E-state index in [0.29, 0.717) is 18.1 Å². The molecule has 0 spiro atoms. The Kier molecular flexibility index (Phi) is 6.03. The average Bonchev–Trinajstić information content (AvgIpc) is 2.55. The molecular formula is C19H22FN3. The van der Waals surface area contributed by atoms with Gasteiger partial charge in [0.2, 0.25) is 0 Å². The third-order valence-electron chi connectivity index (χ3n) is 3.52. The fourth-order valence-corrected chi connectivity index (χ4v) is 2.13. The summed E-state index contributed by atoms with van der Waals surface area (Å²) in [7, 11) is 0. The van der Waals surface area contributed by atoms with Crippen LogP contribution in [-0.2, 0) is 0 Å². The van der Waals surface area contributed by atoms with Crippen molar-refractivity contribution in [3.05, 3.63) is 59.9 Å². The van der Waals surface area contributed by atoms with E-state index in [1.807, 2.05) is 45.0 Å². The van der Waals surface area contributed by atoms with Crippen LogP contribution in [0, 0.1) is 18.7 Å². The Bertz CT molecular complexity index is 707. The van der Waals surface area contributed by atoms with Crippen LogP contribution in [0.15, 0.2) is 58.5 Å². The molecule has 0 saturated heterocycles. The first-order valence-corrected chi connectivity index (χ1v) is 7.72. The van der Waals surface area contributed by atoms with Gasteiger partial charge in [-0.25, -0.2) is 9.38 Å². The summed E-state index contributed by atoms with van der Waals surface area (Å²) in [6, 6.07) is 14.5. The number of nitrogens with zero attached hydrogens (tertiary/aromatic N) is 2. The van der Waals surface area contributed by atoms with Gasteiger partial charge < -0.3 is 5.32 Å². The predicted octanol–water partition coefficient (Wildman–Crippen LogP) is 5.00. The van der Waals surface area contributed by atoms with Crippen molar-refractivity contribution in [2.45, 2.75) is 20.8 Å². The minimum Gasteiger partial charge on any atom is -0.341 e. The van der Waals surface area contributed by atoms with E-state index < -0.39 is 0 Å². The number of anilines is 1. The van der Waals surface area contributed by atoms with Crippen molar-refractivity contribution in [1.29, 1.82) is 0 Å². The van der Waals surface area contributed by atoms with E-state index >= 15 is 0 Å². The molecule has 120 valence electrons. The number of amidine groups is 1. The first-order valence-electron chi connectivity index (χ1n) is 7.72. The highest BCUT2D eigenvalue weighted by molar-refractivity contribution is 5.99. The molecule has 0 aliphatic carbocycles. The van der Waals surface area contributed by atoms with E-state index in [4.69, 9.17) is 4.99 Å². The molecule has 1 atom stereocenters. The van der Waals surface area contributed by atoms with Gasteiger partial charge in [-0.2, -0.15) is 0 Å². The number of hydrogen-bond donors (Lipinski definition) is 1. The highest BCUT2D eigenvalue weighted by atomic mass is 19.1. The Morgan fingerprint density at radius 3 is 2.57 bits per heavy atom. The van der Waals surface area contributed by atoms with Crippen molar-refractivity contribution < 1.29 is 4.39 Å². The fourth-order valence-electron chi connectivity index (χ4n) is 2.13. The maximum absolute atomic E-state index is 13.9. The van der Waals surface area contributed by atoms with E-state index in [9.17, 15) is 4.39 Å². The minimum absolute atomic E-state index is 0.0467. The van der Waals surface area contributed by atoms with Crippen LogP contribution in [0.2, 0.25) is 0 Å². The molecule has 0 aliphatic heterocycles. The molecule has 0 amide bonds. The lowest BCUT2D eigenvalue weighted by Gasteiger charge is -2.16. The Morgan fingerprint density at radius 1 is 1.17 bits per heavy atom. The van der Waals surface area contributed by atoms with Crippen LogP contribution in [0.4, 0.5) is 15.8 Å². The molecule has 0 radical (unpaired) electrons. The molecule has 2 aromatic carbocycles. The molecule has 1 unspecified atom stereocenters. The first kappa shape index (κ1) is 16.9. The molecule has 0 heterocycles. The maximum atomic E-state index is 13.9. The van der Waals surface area contributed by atoms with Gasteiger partial charge in [0.05, 0.1) is 11.4 Å². The van der Waals surface area contributed by atoms with Crippen LogP contribution in [0.3, 0.4) is 0 Å². The van der Waals surface area contributed by atoms with Gasteiger partial charge in [-0.15, -0.1) is 0 Å². The molecule has 0 bridgehead atoms. The van der Waals surface area contributed by atoms with Gasteiger partial charge in [0.1, 0.15) is 11.7 Å². The molecule has 4 heteroatoms. The Labute approximate surface area is 137 Å². The van der Waals surface area contributed by atoms with E-state index in [1.54, 1.807) is 24.4 Å². The quantitative estimate of drug-likeness (QED) is 0.612. The molecule has 0 aromatic heterocycles. The van der Waals surface area contributed by atoms with Crippen LogP contribution < -0.4 is 5.32 Å². The normalized spacial score (nSPS) is 13.3. The number of rotatable bonds is 5. The summed E-state index contributed by atoms with van der Waals surface area (Å²) in [5.74, 6) is 0.455. The standard InChI is InChI=1S/C19H22FN3/c1-4-21-13-15(3)19(22-17-11-7-5-9-14(17)2)23-18-12-8-6-10-16(18)20/h4-12,15H,13H2,1-3H3,(H,22,23). The van der Waals surface area contributed by atoms with Crippen molar-refractivity contribution in [1.82, 2.24) is 0 Å². The van der Waals surface area contributed by atoms with Gasteiger partial charge in [0, 0.05) is 12.5 Å². The lowest BCUT2D eigenvalue weighted by molar-refractivity contribution is 0.631. The van der Waals surface area contributed by atoms with Crippen molar-refractivity contribution in [3.63, 3.8) is 0 Å². The molecule has 0 fully saturated rings. The summed E-state index contributed by atoms with van der Waals surface area (Å²) in [4.78, 5) is 8.99. The lowest BCUT2D eigenvalue weighted by Crippen LogP contribution is -2.23. The second-order valence-electron chi connectivity index (χ2n) is 5.41. The SMILES string of the molecule is CC=NCC(C)C(=Nc1ccccc1C)Nc1ccccc1F. The number of benzene rings is 2.